The number of fused-ring (bicyclic) bond motifs is 1. The number of amides is 1. The Kier molecular flexibility index (Phi) is 5.52. The zero-order chi connectivity index (χ0) is 23.0. The van der Waals surface area contributed by atoms with Crippen LogP contribution in [-0.2, 0) is 11.3 Å². The highest BCUT2D eigenvalue weighted by Crippen LogP contribution is 2.34. The van der Waals surface area contributed by atoms with E-state index in [0.29, 0.717) is 18.8 Å². The molecule has 1 aromatic carbocycles. The molecule has 0 unspecified atom stereocenters. The van der Waals surface area contributed by atoms with Crippen molar-refractivity contribution in [2.24, 2.45) is 0 Å². The van der Waals surface area contributed by atoms with Crippen LogP contribution in [0.5, 0.6) is 5.88 Å². The minimum absolute atomic E-state index is 0.00673. The number of carbonyl (C=O) groups is 2. The number of rotatable bonds is 5. The Hall–Kier alpha value is -3.95. The minimum atomic E-state index is -0.863. The molecule has 0 spiro atoms. The minimum Gasteiger partial charge on any atom is -0.481 e. The summed E-state index contributed by atoms with van der Waals surface area (Å²) in [6, 6.07) is 5.76. The largest absolute Gasteiger partial charge is 0.481 e. The summed E-state index contributed by atoms with van der Waals surface area (Å²) >= 11 is 0. The third kappa shape index (κ3) is 3.75. The number of nitrogens with two attached hydrogens (primary N) is 1. The lowest BCUT2D eigenvalue weighted by Crippen LogP contribution is -2.32. The molecule has 2 aromatic heterocycles. The molecule has 0 atom stereocenters. The van der Waals surface area contributed by atoms with Crippen molar-refractivity contribution >= 4 is 23.4 Å². The van der Waals surface area contributed by atoms with E-state index in [0.717, 1.165) is 28.1 Å². The van der Waals surface area contributed by atoms with Gasteiger partial charge in [-0.1, -0.05) is 6.07 Å². The predicted molar refractivity (Wildman–Crippen MR) is 118 cm³/mol. The van der Waals surface area contributed by atoms with Crippen LogP contribution in [0.2, 0.25) is 0 Å². The Balaban J connectivity index is 1.68. The smallest absolute Gasteiger partial charge is 0.305 e. The van der Waals surface area contributed by atoms with E-state index in [4.69, 9.17) is 15.6 Å². The second kappa shape index (κ2) is 8.29. The normalized spacial score (nSPS) is 13.5. The van der Waals surface area contributed by atoms with Crippen molar-refractivity contribution in [3.8, 4) is 17.0 Å². The van der Waals surface area contributed by atoms with E-state index in [1.54, 1.807) is 9.58 Å². The molecule has 1 aliphatic rings. The van der Waals surface area contributed by atoms with Crippen LogP contribution in [-0.4, -0.2) is 49.9 Å². The predicted octanol–water partition coefficient (Wildman–Crippen LogP) is 2.36. The van der Waals surface area contributed by atoms with Crippen molar-refractivity contribution < 1.29 is 19.4 Å². The fourth-order valence-corrected chi connectivity index (χ4v) is 4.01. The van der Waals surface area contributed by atoms with E-state index in [2.05, 4.69) is 15.1 Å². The zero-order valence-corrected chi connectivity index (χ0v) is 18.1. The molecule has 1 amide bonds. The molecule has 4 rings (SSSR count). The number of aryl methyl sites for hydroxylation is 3. The van der Waals surface area contributed by atoms with Crippen LogP contribution in [0.4, 0.5) is 11.5 Å². The lowest BCUT2D eigenvalue weighted by atomic mass is 9.98. The van der Waals surface area contributed by atoms with E-state index in [-0.39, 0.29) is 36.2 Å². The highest BCUT2D eigenvalue weighted by molar-refractivity contribution is 6.10. The van der Waals surface area contributed by atoms with Gasteiger partial charge in [0.15, 0.2) is 0 Å². The zero-order valence-electron chi connectivity index (χ0n) is 18.1. The number of aliphatic carboxylic acids is 1. The summed E-state index contributed by atoms with van der Waals surface area (Å²) in [7, 11) is 0. The highest BCUT2D eigenvalue weighted by Gasteiger charge is 2.29. The SMILES string of the molecule is Cc1cc(N2CCOc3ncnc(N)c3C2=O)ccc1-c1c(C)nn(CCC(=O)O)c1C. The summed E-state index contributed by atoms with van der Waals surface area (Å²) < 4.78 is 7.33. The van der Waals surface area contributed by atoms with Crippen LogP contribution in [0, 0.1) is 20.8 Å². The number of nitrogen functional groups attached to an aromatic ring is 1. The maximum absolute atomic E-state index is 13.2. The Labute approximate surface area is 184 Å². The van der Waals surface area contributed by atoms with E-state index in [1.165, 1.54) is 6.33 Å². The van der Waals surface area contributed by atoms with Crippen molar-refractivity contribution in [1.82, 2.24) is 19.7 Å². The number of hydrogen-bond acceptors (Lipinski definition) is 7. The summed E-state index contributed by atoms with van der Waals surface area (Å²) in [4.78, 5) is 33.7. The molecule has 0 saturated carbocycles. The first-order valence-electron chi connectivity index (χ1n) is 10.2. The molecule has 3 aromatic rings. The molecule has 166 valence electrons. The topological polar surface area (TPSA) is 136 Å². The van der Waals surface area contributed by atoms with Crippen LogP contribution in [0.25, 0.3) is 11.1 Å². The average Bonchev–Trinajstić information content (AvgIpc) is 2.90. The van der Waals surface area contributed by atoms with Crippen LogP contribution >= 0.6 is 0 Å². The van der Waals surface area contributed by atoms with Crippen LogP contribution in [0.1, 0.15) is 33.7 Å². The molecule has 0 radical (unpaired) electrons. The second-order valence-electron chi connectivity index (χ2n) is 7.66. The molecule has 1 aliphatic heterocycles. The van der Waals surface area contributed by atoms with E-state index in [1.807, 2.05) is 39.0 Å². The first-order valence-corrected chi connectivity index (χ1v) is 10.2. The Morgan fingerprint density at radius 2 is 2.00 bits per heavy atom. The van der Waals surface area contributed by atoms with Gasteiger partial charge < -0.3 is 20.5 Å². The fourth-order valence-electron chi connectivity index (χ4n) is 4.01. The summed E-state index contributed by atoms with van der Waals surface area (Å²) in [5.41, 5.74) is 11.4. The number of anilines is 2. The molecule has 0 fully saturated rings. The van der Waals surface area contributed by atoms with Gasteiger partial charge in [0.25, 0.3) is 5.91 Å². The Morgan fingerprint density at radius 3 is 2.72 bits per heavy atom. The fraction of sp³-hybridized carbons (Fsp3) is 0.318. The number of ether oxygens (including phenoxy) is 1. The molecular formula is C22H24N6O4. The van der Waals surface area contributed by atoms with Crippen LogP contribution in [0.3, 0.4) is 0 Å². The van der Waals surface area contributed by atoms with Gasteiger partial charge >= 0.3 is 5.97 Å². The summed E-state index contributed by atoms with van der Waals surface area (Å²) in [5, 5.41) is 13.5. The molecule has 0 saturated heterocycles. The van der Waals surface area contributed by atoms with Gasteiger partial charge in [-0.25, -0.2) is 9.97 Å². The number of hydrogen-bond donors (Lipinski definition) is 2. The first kappa shape index (κ1) is 21.3. The molecular weight excluding hydrogens is 412 g/mol. The van der Waals surface area contributed by atoms with Crippen molar-refractivity contribution in [2.75, 3.05) is 23.8 Å². The van der Waals surface area contributed by atoms with Gasteiger partial charge in [0.1, 0.15) is 24.3 Å². The first-order chi connectivity index (χ1) is 15.3. The maximum Gasteiger partial charge on any atom is 0.305 e. The maximum atomic E-state index is 13.2. The molecule has 32 heavy (non-hydrogen) atoms. The van der Waals surface area contributed by atoms with Gasteiger partial charge in [0, 0.05) is 16.9 Å². The number of benzene rings is 1. The van der Waals surface area contributed by atoms with Crippen molar-refractivity contribution in [2.45, 2.75) is 33.7 Å². The molecule has 3 N–H and O–H groups in total. The van der Waals surface area contributed by atoms with Crippen molar-refractivity contribution in [3.05, 3.63) is 47.0 Å². The van der Waals surface area contributed by atoms with Gasteiger partial charge in [0.2, 0.25) is 5.88 Å². The monoisotopic (exact) mass is 436 g/mol. The van der Waals surface area contributed by atoms with Gasteiger partial charge in [0.05, 0.1) is 25.2 Å². The van der Waals surface area contributed by atoms with Gasteiger partial charge in [-0.15, -0.1) is 0 Å². The molecule has 10 heteroatoms. The number of nitrogens with zero attached hydrogens (tertiary/aromatic N) is 5. The third-order valence-corrected chi connectivity index (χ3v) is 5.56. The van der Waals surface area contributed by atoms with Crippen molar-refractivity contribution in [1.29, 1.82) is 0 Å². The summed E-state index contributed by atoms with van der Waals surface area (Å²) in [6.45, 7) is 6.74. The standard InChI is InChI=1S/C22H24N6O4/c1-12-10-15(27-8-9-32-21-19(22(27)31)20(23)24-11-25-21)4-5-16(12)18-13(2)26-28(14(18)3)7-6-17(29)30/h4-5,10-11H,6-9H2,1-3H3,(H,29,30)(H2,23,24,25). The molecule has 0 bridgehead atoms. The third-order valence-electron chi connectivity index (χ3n) is 5.56. The number of carboxylic acid groups (broad SMARTS) is 1. The summed E-state index contributed by atoms with van der Waals surface area (Å²) in [5.74, 6) is -0.895. The van der Waals surface area contributed by atoms with Crippen LogP contribution < -0.4 is 15.4 Å². The van der Waals surface area contributed by atoms with E-state index >= 15 is 0 Å². The van der Waals surface area contributed by atoms with Gasteiger partial charge in [-0.05, 0) is 44.0 Å². The lowest BCUT2D eigenvalue weighted by Gasteiger charge is -2.21. The summed E-state index contributed by atoms with van der Waals surface area (Å²) in [6.07, 6.45) is 1.28. The number of carboxylic acids is 1. The van der Waals surface area contributed by atoms with E-state index < -0.39 is 5.97 Å². The Morgan fingerprint density at radius 1 is 1.22 bits per heavy atom. The quantitative estimate of drug-likeness (QED) is 0.622. The molecule has 0 aliphatic carbocycles. The molecule has 3 heterocycles. The van der Waals surface area contributed by atoms with E-state index in [9.17, 15) is 9.59 Å². The number of carbonyl (C=O) groups excluding carboxylic acids is 1. The van der Waals surface area contributed by atoms with Gasteiger partial charge in [-0.3, -0.25) is 14.3 Å². The number of aromatic nitrogens is 4. The van der Waals surface area contributed by atoms with Crippen LogP contribution in [0.15, 0.2) is 24.5 Å². The Bertz CT molecular complexity index is 1220. The highest BCUT2D eigenvalue weighted by atomic mass is 16.5. The molecule has 10 nitrogen and oxygen atoms in total. The van der Waals surface area contributed by atoms with Crippen molar-refractivity contribution in [3.63, 3.8) is 0 Å². The lowest BCUT2D eigenvalue weighted by molar-refractivity contribution is -0.137. The average molecular weight is 436 g/mol. The second-order valence-corrected chi connectivity index (χ2v) is 7.66. The van der Waals surface area contributed by atoms with Gasteiger partial charge in [-0.2, -0.15) is 5.10 Å².